The Morgan fingerprint density at radius 1 is 1.04 bits per heavy atom. The summed E-state index contributed by atoms with van der Waals surface area (Å²) >= 11 is 0. The van der Waals surface area contributed by atoms with Crippen molar-refractivity contribution in [1.29, 1.82) is 0 Å². The number of hydrogen-bond acceptors (Lipinski definition) is 3. The molecule has 2 amide bonds. The summed E-state index contributed by atoms with van der Waals surface area (Å²) in [6.07, 6.45) is 0. The number of sulfonamides is 1. The Hall–Kier alpha value is -1.60. The van der Waals surface area contributed by atoms with Gasteiger partial charge >= 0.3 is 6.03 Å². The molecule has 1 unspecified atom stereocenters. The maximum Gasteiger partial charge on any atom is 0.317 e. The molecule has 0 saturated carbocycles. The number of hydrogen-bond donors (Lipinski definition) is 1. The number of nitrogens with zero attached hydrogens (tertiary/aromatic N) is 2. The van der Waals surface area contributed by atoms with Crippen LogP contribution in [0.15, 0.2) is 35.2 Å². The number of piperazine rings is 1. The van der Waals surface area contributed by atoms with E-state index in [0.717, 1.165) is 0 Å². The molecule has 1 N–H and O–H groups in total. The molecule has 1 atom stereocenters. The molecule has 0 spiro atoms. The maximum atomic E-state index is 12.5. The quantitative estimate of drug-likeness (QED) is 0.908. The molecule has 23 heavy (non-hydrogen) atoms. The van der Waals surface area contributed by atoms with Gasteiger partial charge in [-0.15, -0.1) is 0 Å². The van der Waals surface area contributed by atoms with Crippen molar-refractivity contribution in [3.63, 3.8) is 0 Å². The molecule has 0 bridgehead atoms. The minimum atomic E-state index is -3.47. The summed E-state index contributed by atoms with van der Waals surface area (Å²) in [6, 6.07) is 8.37. The van der Waals surface area contributed by atoms with E-state index in [1.54, 1.807) is 35.2 Å². The number of urea groups is 1. The largest absolute Gasteiger partial charge is 0.335 e. The van der Waals surface area contributed by atoms with Crippen molar-refractivity contribution in [2.75, 3.05) is 26.2 Å². The van der Waals surface area contributed by atoms with Gasteiger partial charge in [0.2, 0.25) is 10.0 Å². The second kappa shape index (κ2) is 7.31. The van der Waals surface area contributed by atoms with Crippen LogP contribution in [0.3, 0.4) is 0 Å². The Bertz CT molecular complexity index is 623. The van der Waals surface area contributed by atoms with Gasteiger partial charge in [-0.05, 0) is 25.0 Å². The van der Waals surface area contributed by atoms with E-state index in [9.17, 15) is 13.2 Å². The lowest BCUT2D eigenvalue weighted by Crippen LogP contribution is -2.54. The fraction of sp³-hybridized carbons (Fsp3) is 0.562. The Labute approximate surface area is 138 Å². The number of carbonyl (C=O) groups is 1. The van der Waals surface area contributed by atoms with Crippen molar-refractivity contribution in [3.05, 3.63) is 30.3 Å². The van der Waals surface area contributed by atoms with Crippen LogP contribution >= 0.6 is 0 Å². The minimum absolute atomic E-state index is 0.0913. The van der Waals surface area contributed by atoms with Gasteiger partial charge in [0.15, 0.2) is 0 Å². The van der Waals surface area contributed by atoms with Crippen LogP contribution in [-0.2, 0) is 10.0 Å². The van der Waals surface area contributed by atoms with Crippen molar-refractivity contribution in [2.24, 2.45) is 5.92 Å². The van der Waals surface area contributed by atoms with Crippen LogP contribution in [0.4, 0.5) is 4.79 Å². The third-order valence-corrected chi connectivity index (χ3v) is 6.17. The molecule has 0 radical (unpaired) electrons. The second-order valence-corrected chi connectivity index (χ2v) is 8.12. The average molecular weight is 339 g/mol. The molecule has 0 aromatic heterocycles. The summed E-state index contributed by atoms with van der Waals surface area (Å²) in [7, 11) is -3.47. The predicted octanol–water partition coefficient (Wildman–Crippen LogP) is 1.75. The minimum Gasteiger partial charge on any atom is -0.335 e. The van der Waals surface area contributed by atoms with E-state index in [1.165, 1.54) is 4.31 Å². The molecule has 1 aliphatic heterocycles. The van der Waals surface area contributed by atoms with E-state index in [0.29, 0.717) is 37.0 Å². The second-order valence-electron chi connectivity index (χ2n) is 6.19. The van der Waals surface area contributed by atoms with Crippen LogP contribution in [0.5, 0.6) is 0 Å². The monoisotopic (exact) mass is 339 g/mol. The smallest absolute Gasteiger partial charge is 0.317 e. The van der Waals surface area contributed by atoms with Gasteiger partial charge in [0.05, 0.1) is 4.90 Å². The molecule has 1 aromatic carbocycles. The van der Waals surface area contributed by atoms with Gasteiger partial charge in [0.1, 0.15) is 0 Å². The number of nitrogens with one attached hydrogen (secondary N) is 1. The van der Waals surface area contributed by atoms with Gasteiger partial charge < -0.3 is 10.2 Å². The van der Waals surface area contributed by atoms with E-state index in [1.807, 2.05) is 6.92 Å². The maximum absolute atomic E-state index is 12.5. The molecule has 128 valence electrons. The van der Waals surface area contributed by atoms with Crippen LogP contribution in [0.1, 0.15) is 20.8 Å². The topological polar surface area (TPSA) is 69.7 Å². The van der Waals surface area contributed by atoms with Gasteiger partial charge in [0.25, 0.3) is 0 Å². The summed E-state index contributed by atoms with van der Waals surface area (Å²) in [5, 5.41) is 2.95. The fourth-order valence-corrected chi connectivity index (χ4v) is 3.77. The highest BCUT2D eigenvalue weighted by Crippen LogP contribution is 2.17. The molecule has 1 heterocycles. The number of carbonyl (C=O) groups excluding carboxylic acids is 1. The Morgan fingerprint density at radius 2 is 1.61 bits per heavy atom. The van der Waals surface area contributed by atoms with Crippen molar-refractivity contribution < 1.29 is 13.2 Å². The third-order valence-electron chi connectivity index (χ3n) is 4.26. The van der Waals surface area contributed by atoms with E-state index in [4.69, 9.17) is 0 Å². The molecule has 2 rings (SSSR count). The first kappa shape index (κ1) is 17.7. The Morgan fingerprint density at radius 3 is 2.13 bits per heavy atom. The molecule has 7 heteroatoms. The van der Waals surface area contributed by atoms with Crippen molar-refractivity contribution in [1.82, 2.24) is 14.5 Å². The summed E-state index contributed by atoms with van der Waals surface area (Å²) in [6.45, 7) is 7.52. The average Bonchev–Trinajstić information content (AvgIpc) is 2.55. The molecule has 0 aliphatic carbocycles. The van der Waals surface area contributed by atoms with E-state index >= 15 is 0 Å². The molecule has 1 aliphatic rings. The fourth-order valence-electron chi connectivity index (χ4n) is 2.33. The van der Waals surface area contributed by atoms with E-state index in [-0.39, 0.29) is 12.1 Å². The number of benzene rings is 1. The first-order valence-electron chi connectivity index (χ1n) is 7.93. The summed E-state index contributed by atoms with van der Waals surface area (Å²) in [5.74, 6) is 0.360. The molecular formula is C16H25N3O3S. The molecule has 1 fully saturated rings. The zero-order valence-corrected chi connectivity index (χ0v) is 14.7. The van der Waals surface area contributed by atoms with Gasteiger partial charge in [-0.25, -0.2) is 13.2 Å². The van der Waals surface area contributed by atoms with E-state index in [2.05, 4.69) is 19.2 Å². The molecular weight excluding hydrogens is 314 g/mol. The van der Waals surface area contributed by atoms with E-state index < -0.39 is 10.0 Å². The summed E-state index contributed by atoms with van der Waals surface area (Å²) < 4.78 is 26.5. The van der Waals surface area contributed by atoms with Crippen LogP contribution in [0, 0.1) is 5.92 Å². The highest BCUT2D eigenvalue weighted by molar-refractivity contribution is 7.89. The Balaban J connectivity index is 1.95. The first-order valence-corrected chi connectivity index (χ1v) is 9.37. The van der Waals surface area contributed by atoms with Crippen molar-refractivity contribution in [2.45, 2.75) is 31.7 Å². The SMILES string of the molecule is CC(C)C(C)NC(=O)N1CCN(S(=O)(=O)c2ccccc2)CC1. The third kappa shape index (κ3) is 4.23. The molecule has 1 aromatic rings. The zero-order valence-electron chi connectivity index (χ0n) is 13.9. The highest BCUT2D eigenvalue weighted by Gasteiger charge is 2.30. The van der Waals surface area contributed by atoms with Crippen LogP contribution < -0.4 is 5.32 Å². The lowest BCUT2D eigenvalue weighted by Gasteiger charge is -2.35. The summed E-state index contributed by atoms with van der Waals surface area (Å²) in [5.41, 5.74) is 0. The standard InChI is InChI=1S/C16H25N3O3S/c1-13(2)14(3)17-16(20)18-9-11-19(12-10-18)23(21,22)15-7-5-4-6-8-15/h4-8,13-14H,9-12H2,1-3H3,(H,17,20). The van der Waals surface area contributed by atoms with Gasteiger partial charge in [-0.2, -0.15) is 4.31 Å². The number of rotatable bonds is 4. The summed E-state index contributed by atoms with van der Waals surface area (Å²) in [4.78, 5) is 14.2. The van der Waals surface area contributed by atoms with Crippen LogP contribution in [0.25, 0.3) is 0 Å². The van der Waals surface area contributed by atoms with Crippen LogP contribution in [0.2, 0.25) is 0 Å². The predicted molar refractivity (Wildman–Crippen MR) is 89.6 cm³/mol. The normalized spacial score (nSPS) is 18.0. The lowest BCUT2D eigenvalue weighted by molar-refractivity contribution is 0.167. The Kier molecular flexibility index (Phi) is 5.64. The van der Waals surface area contributed by atoms with Gasteiger partial charge in [0, 0.05) is 32.2 Å². The molecule has 6 nitrogen and oxygen atoms in total. The van der Waals surface area contributed by atoms with Crippen molar-refractivity contribution in [3.8, 4) is 0 Å². The van der Waals surface area contributed by atoms with Gasteiger partial charge in [-0.3, -0.25) is 0 Å². The first-order chi connectivity index (χ1) is 10.8. The lowest BCUT2D eigenvalue weighted by atomic mass is 10.1. The number of amides is 2. The van der Waals surface area contributed by atoms with Crippen molar-refractivity contribution >= 4 is 16.1 Å². The molecule has 1 saturated heterocycles. The zero-order chi connectivity index (χ0) is 17.0. The highest BCUT2D eigenvalue weighted by atomic mass is 32.2. The van der Waals surface area contributed by atoms with Gasteiger partial charge in [-0.1, -0.05) is 32.0 Å². The van der Waals surface area contributed by atoms with Crippen LogP contribution in [-0.4, -0.2) is 55.9 Å².